The third kappa shape index (κ3) is 6.99. The summed E-state index contributed by atoms with van der Waals surface area (Å²) in [5.41, 5.74) is 1.10. The number of aromatic nitrogens is 1. The number of hydrogen-bond donors (Lipinski definition) is 1. The number of likely N-dealkylation sites (N-methyl/N-ethyl adjacent to an activating group) is 1. The van der Waals surface area contributed by atoms with Crippen molar-refractivity contribution in [2.75, 3.05) is 12.4 Å². The van der Waals surface area contributed by atoms with E-state index in [0.717, 1.165) is 36.1 Å². The van der Waals surface area contributed by atoms with Crippen LogP contribution in [-0.2, 0) is 19.1 Å². The number of fused-ring (bicyclic) bond motifs is 1. The van der Waals surface area contributed by atoms with Crippen molar-refractivity contribution in [2.45, 2.75) is 63.6 Å². The van der Waals surface area contributed by atoms with E-state index in [2.05, 4.69) is 17.2 Å². The molecule has 1 aromatic heterocycles. The Balaban J connectivity index is 1.75. The Labute approximate surface area is 199 Å². The number of ether oxygens (including phenoxy) is 2. The number of amides is 1. The Kier molecular flexibility index (Phi) is 9.18. The molecule has 3 rings (SSSR count). The average molecular weight is 470 g/mol. The van der Waals surface area contributed by atoms with Gasteiger partial charge in [0.05, 0.1) is 0 Å². The van der Waals surface area contributed by atoms with Gasteiger partial charge in [-0.05, 0) is 42.6 Å². The summed E-state index contributed by atoms with van der Waals surface area (Å²) in [6.07, 6.45) is 6.40. The zero-order chi connectivity index (χ0) is 23.6. The molecule has 0 spiro atoms. The molecule has 1 atom stereocenters. The second-order valence-electron chi connectivity index (χ2n) is 7.77. The second kappa shape index (κ2) is 12.3. The summed E-state index contributed by atoms with van der Waals surface area (Å²) in [6, 6.07) is 13.0. The lowest BCUT2D eigenvalue weighted by Gasteiger charge is -2.30. The average Bonchev–Trinajstić information content (AvgIpc) is 2.79. The highest BCUT2D eigenvalue weighted by Gasteiger charge is 2.31. The number of carbonyl (C=O) groups excluding carboxylic acids is 2. The summed E-state index contributed by atoms with van der Waals surface area (Å²) in [6.45, 7) is 3.83. The minimum atomic E-state index is -0.842. The number of carbonyl (C=O) groups is 2. The summed E-state index contributed by atoms with van der Waals surface area (Å²) in [4.78, 5) is 30.6. The van der Waals surface area contributed by atoms with Gasteiger partial charge in [0.15, 0.2) is 11.5 Å². The number of nitrogens with zero attached hydrogens (tertiary/aromatic N) is 2. The number of nitrogens with one attached hydrogen (secondary N) is 1. The molecule has 176 valence electrons. The molecule has 7 nitrogen and oxygen atoms in total. The fraction of sp³-hybridized carbons (Fsp3) is 0.400. The number of rotatable bonds is 11. The first-order valence-electron chi connectivity index (χ1n) is 11.3. The van der Waals surface area contributed by atoms with Crippen molar-refractivity contribution in [1.82, 2.24) is 9.29 Å². The van der Waals surface area contributed by atoms with Gasteiger partial charge in [-0.2, -0.15) is 0 Å². The molecule has 1 aromatic carbocycles. The molecule has 2 heterocycles. The van der Waals surface area contributed by atoms with Gasteiger partial charge in [0.1, 0.15) is 5.82 Å². The Hall–Kier alpha value is -3.00. The number of anilines is 1. The van der Waals surface area contributed by atoms with Gasteiger partial charge in [0.25, 0.3) is 5.91 Å². The molecule has 1 aliphatic rings. The SMILES string of the molecule is CCCCCCCC(=O)OC(C)OC1=C(C(=O)Nc2ccccn2)N(C)Sc2ccccc21. The van der Waals surface area contributed by atoms with Crippen LogP contribution in [0.3, 0.4) is 0 Å². The van der Waals surface area contributed by atoms with Crippen LogP contribution < -0.4 is 5.32 Å². The molecule has 8 heteroatoms. The van der Waals surface area contributed by atoms with Crippen molar-refractivity contribution in [3.8, 4) is 0 Å². The van der Waals surface area contributed by atoms with Crippen LogP contribution in [0.1, 0.15) is 57.9 Å². The molecule has 1 N–H and O–H groups in total. The van der Waals surface area contributed by atoms with Crippen molar-refractivity contribution < 1.29 is 19.1 Å². The van der Waals surface area contributed by atoms with E-state index in [1.165, 1.54) is 18.4 Å². The van der Waals surface area contributed by atoms with Gasteiger partial charge in [-0.15, -0.1) is 0 Å². The molecule has 0 saturated heterocycles. The van der Waals surface area contributed by atoms with Crippen LogP contribution in [0.25, 0.3) is 5.76 Å². The quantitative estimate of drug-likeness (QED) is 0.198. The summed E-state index contributed by atoms with van der Waals surface area (Å²) in [7, 11) is 1.80. The molecule has 0 radical (unpaired) electrons. The molecular weight excluding hydrogens is 438 g/mol. The number of unbranched alkanes of at least 4 members (excludes halogenated alkanes) is 4. The first-order chi connectivity index (χ1) is 16.0. The van der Waals surface area contributed by atoms with E-state index in [1.54, 1.807) is 42.7 Å². The first-order valence-corrected chi connectivity index (χ1v) is 12.1. The van der Waals surface area contributed by atoms with Gasteiger partial charge in [-0.3, -0.25) is 9.59 Å². The lowest BCUT2D eigenvalue weighted by molar-refractivity contribution is -0.164. The smallest absolute Gasteiger partial charge is 0.308 e. The summed E-state index contributed by atoms with van der Waals surface area (Å²) < 4.78 is 13.3. The highest BCUT2D eigenvalue weighted by molar-refractivity contribution is 7.97. The second-order valence-corrected chi connectivity index (χ2v) is 8.94. The normalized spacial score (nSPS) is 13.8. The van der Waals surface area contributed by atoms with Crippen LogP contribution >= 0.6 is 11.9 Å². The largest absolute Gasteiger partial charge is 0.452 e. The molecule has 0 saturated carbocycles. The highest BCUT2D eigenvalue weighted by Crippen LogP contribution is 2.41. The highest BCUT2D eigenvalue weighted by atomic mass is 32.2. The summed E-state index contributed by atoms with van der Waals surface area (Å²) in [5.74, 6) is 0.145. The maximum Gasteiger partial charge on any atom is 0.308 e. The molecule has 1 aliphatic heterocycles. The lowest BCUT2D eigenvalue weighted by atomic mass is 10.1. The standard InChI is InChI=1S/C25H31N3O4S/c1-4-5-6-7-8-16-22(29)31-18(2)32-24-19-13-9-10-14-20(19)33-28(3)23(24)25(30)27-21-15-11-12-17-26-21/h9-15,17-18H,4-8,16H2,1-3H3,(H,26,27,30). The van der Waals surface area contributed by atoms with Crippen LogP contribution in [0.15, 0.2) is 59.3 Å². The van der Waals surface area contributed by atoms with Gasteiger partial charge in [-0.1, -0.05) is 50.8 Å². The van der Waals surface area contributed by atoms with Crippen LogP contribution in [0.4, 0.5) is 5.82 Å². The van der Waals surface area contributed by atoms with Crippen molar-refractivity contribution in [3.63, 3.8) is 0 Å². The zero-order valence-corrected chi connectivity index (χ0v) is 20.2. The van der Waals surface area contributed by atoms with Crippen LogP contribution in [0, 0.1) is 0 Å². The number of pyridine rings is 1. The van der Waals surface area contributed by atoms with E-state index in [4.69, 9.17) is 9.47 Å². The minimum Gasteiger partial charge on any atom is -0.452 e. The Morgan fingerprint density at radius 2 is 1.85 bits per heavy atom. The molecule has 0 bridgehead atoms. The van der Waals surface area contributed by atoms with E-state index >= 15 is 0 Å². The maximum atomic E-state index is 13.2. The van der Waals surface area contributed by atoms with Crippen LogP contribution in [0.2, 0.25) is 0 Å². The predicted molar refractivity (Wildman–Crippen MR) is 130 cm³/mol. The van der Waals surface area contributed by atoms with Crippen LogP contribution in [0.5, 0.6) is 0 Å². The Bertz CT molecular complexity index is 981. The number of benzene rings is 1. The summed E-state index contributed by atoms with van der Waals surface area (Å²) >= 11 is 1.43. The van der Waals surface area contributed by atoms with Gasteiger partial charge < -0.3 is 19.1 Å². The topological polar surface area (TPSA) is 80.8 Å². The molecule has 1 unspecified atom stereocenters. The lowest BCUT2D eigenvalue weighted by Crippen LogP contribution is -2.30. The van der Waals surface area contributed by atoms with Crippen LogP contribution in [-0.4, -0.2) is 34.5 Å². The van der Waals surface area contributed by atoms with Gasteiger partial charge in [-0.25, -0.2) is 4.98 Å². The molecule has 2 aromatic rings. The zero-order valence-electron chi connectivity index (χ0n) is 19.4. The van der Waals surface area contributed by atoms with Gasteiger partial charge in [0, 0.05) is 37.0 Å². The molecule has 0 fully saturated rings. The molecular formula is C25H31N3O4S. The first kappa shape index (κ1) is 24.6. The Morgan fingerprint density at radius 1 is 1.09 bits per heavy atom. The maximum absolute atomic E-state index is 13.2. The van der Waals surface area contributed by atoms with Crippen molar-refractivity contribution in [2.24, 2.45) is 0 Å². The van der Waals surface area contributed by atoms with E-state index < -0.39 is 6.29 Å². The minimum absolute atomic E-state index is 0.300. The van der Waals surface area contributed by atoms with Gasteiger partial charge >= 0.3 is 5.97 Å². The predicted octanol–water partition coefficient (Wildman–Crippen LogP) is 5.61. The third-order valence-electron chi connectivity index (χ3n) is 5.08. The van der Waals surface area contributed by atoms with Gasteiger partial charge in [0.2, 0.25) is 6.29 Å². The monoisotopic (exact) mass is 469 g/mol. The Morgan fingerprint density at radius 3 is 2.61 bits per heavy atom. The number of hydrogen-bond acceptors (Lipinski definition) is 7. The third-order valence-corrected chi connectivity index (χ3v) is 6.09. The number of esters is 1. The molecule has 0 aliphatic carbocycles. The van der Waals surface area contributed by atoms with Crippen molar-refractivity contribution in [1.29, 1.82) is 0 Å². The summed E-state index contributed by atoms with van der Waals surface area (Å²) in [5, 5.41) is 2.81. The fourth-order valence-electron chi connectivity index (χ4n) is 3.48. The van der Waals surface area contributed by atoms with E-state index in [-0.39, 0.29) is 11.9 Å². The van der Waals surface area contributed by atoms with E-state index in [1.807, 2.05) is 24.3 Å². The van der Waals surface area contributed by atoms with E-state index in [0.29, 0.717) is 23.7 Å². The van der Waals surface area contributed by atoms with Crippen molar-refractivity contribution in [3.05, 3.63) is 59.9 Å². The van der Waals surface area contributed by atoms with Crippen molar-refractivity contribution >= 4 is 35.4 Å². The molecule has 1 amide bonds. The van der Waals surface area contributed by atoms with E-state index in [9.17, 15) is 9.59 Å². The molecule has 33 heavy (non-hydrogen) atoms. The fourth-order valence-corrected chi connectivity index (χ4v) is 4.43.